The topological polar surface area (TPSA) is 110 Å². The average molecular weight is 450 g/mol. The summed E-state index contributed by atoms with van der Waals surface area (Å²) >= 11 is 0. The maximum absolute atomic E-state index is 13.2. The number of carbonyl (C=O) groups excluding carboxylic acids is 1. The Labute approximate surface area is 182 Å². The quantitative estimate of drug-likeness (QED) is 0.228. The predicted molar refractivity (Wildman–Crippen MR) is 109 cm³/mol. The SMILES string of the molecule is CCOC(=O)c1nc(-c2ccc(OC)c3nc(C(F)(F)F)ccc23)oc1CC[B]OCN. The largest absolute Gasteiger partial charge is 0.494 e. The van der Waals surface area contributed by atoms with Crippen molar-refractivity contribution in [2.75, 3.05) is 20.4 Å². The first-order valence-corrected chi connectivity index (χ1v) is 9.65. The molecule has 0 saturated heterocycles. The predicted octanol–water partition coefficient (Wildman–Crippen LogP) is 3.61. The third-order valence-corrected chi connectivity index (χ3v) is 4.43. The molecule has 0 atom stereocenters. The third-order valence-electron chi connectivity index (χ3n) is 4.43. The summed E-state index contributed by atoms with van der Waals surface area (Å²) in [5, 5.41) is 0.318. The second-order valence-electron chi connectivity index (χ2n) is 6.46. The van der Waals surface area contributed by atoms with E-state index in [-0.39, 0.29) is 48.4 Å². The highest BCUT2D eigenvalue weighted by Gasteiger charge is 2.33. The number of pyridine rings is 1. The smallest absolute Gasteiger partial charge is 0.433 e. The van der Waals surface area contributed by atoms with Gasteiger partial charge in [-0.15, -0.1) is 0 Å². The average Bonchev–Trinajstić information content (AvgIpc) is 3.19. The van der Waals surface area contributed by atoms with Crippen LogP contribution in [-0.4, -0.2) is 43.9 Å². The summed E-state index contributed by atoms with van der Waals surface area (Å²) in [5.74, 6) is -0.232. The van der Waals surface area contributed by atoms with Crippen LogP contribution in [0.1, 0.15) is 28.9 Å². The van der Waals surface area contributed by atoms with Gasteiger partial charge in [0.25, 0.3) is 7.48 Å². The summed E-state index contributed by atoms with van der Waals surface area (Å²) in [6, 6.07) is 5.16. The number of nitrogens with zero attached hydrogens (tertiary/aromatic N) is 2. The lowest BCUT2D eigenvalue weighted by atomic mass is 9.92. The van der Waals surface area contributed by atoms with Crippen molar-refractivity contribution < 1.29 is 36.5 Å². The van der Waals surface area contributed by atoms with Crippen molar-refractivity contribution >= 4 is 24.4 Å². The van der Waals surface area contributed by atoms with Crippen molar-refractivity contribution in [2.24, 2.45) is 5.73 Å². The number of ether oxygens (including phenoxy) is 2. The molecule has 0 spiro atoms. The maximum Gasteiger partial charge on any atom is 0.433 e. The number of carbonyl (C=O) groups is 1. The molecule has 2 N–H and O–H groups in total. The van der Waals surface area contributed by atoms with Crippen molar-refractivity contribution in [3.8, 4) is 17.2 Å². The molecular weight excluding hydrogens is 430 g/mol. The normalized spacial score (nSPS) is 11.6. The van der Waals surface area contributed by atoms with E-state index in [2.05, 4.69) is 9.97 Å². The van der Waals surface area contributed by atoms with E-state index in [1.807, 2.05) is 0 Å². The van der Waals surface area contributed by atoms with Gasteiger partial charge in [-0.05, 0) is 37.5 Å². The summed E-state index contributed by atoms with van der Waals surface area (Å²) in [6.07, 6.45) is -3.96. The Bertz CT molecular complexity index is 1100. The lowest BCUT2D eigenvalue weighted by Gasteiger charge is -2.11. The molecule has 2 heterocycles. The molecule has 0 saturated carbocycles. The zero-order chi connectivity index (χ0) is 23.3. The second kappa shape index (κ2) is 10.0. The minimum absolute atomic E-state index is 0.0111. The fraction of sp³-hybridized carbons (Fsp3) is 0.350. The van der Waals surface area contributed by atoms with Gasteiger partial charge in [-0.2, -0.15) is 13.2 Å². The summed E-state index contributed by atoms with van der Waals surface area (Å²) in [5.41, 5.74) is 4.53. The number of oxazole rings is 1. The van der Waals surface area contributed by atoms with Crippen molar-refractivity contribution in [3.05, 3.63) is 41.4 Å². The first kappa shape index (κ1) is 23.5. The van der Waals surface area contributed by atoms with Crippen LogP contribution in [0.4, 0.5) is 13.2 Å². The van der Waals surface area contributed by atoms with Gasteiger partial charge in [-0.1, -0.05) is 0 Å². The Hall–Kier alpha value is -3.12. The van der Waals surface area contributed by atoms with Crippen molar-refractivity contribution in [2.45, 2.75) is 25.8 Å². The van der Waals surface area contributed by atoms with Gasteiger partial charge in [0, 0.05) is 17.4 Å². The Kier molecular flexibility index (Phi) is 7.36. The van der Waals surface area contributed by atoms with Crippen LogP contribution in [-0.2, 0) is 22.0 Å². The standard InChI is InChI=1S/C20H20BF3N3O5/c1-3-30-19(28)17-14(8-9-21-31-10-25)32-18(27-17)12-4-6-13(29-2)16-11(12)5-7-15(26-16)20(22,23)24/h4-7H,3,8-10,25H2,1-2H3. The van der Waals surface area contributed by atoms with E-state index in [1.54, 1.807) is 13.0 Å². The number of aryl methyl sites for hydroxylation is 1. The third kappa shape index (κ3) is 5.02. The zero-order valence-corrected chi connectivity index (χ0v) is 17.4. The van der Waals surface area contributed by atoms with E-state index < -0.39 is 17.8 Å². The molecule has 0 amide bonds. The van der Waals surface area contributed by atoms with Crippen molar-refractivity contribution in [1.82, 2.24) is 9.97 Å². The number of nitrogens with two attached hydrogens (primary N) is 1. The maximum atomic E-state index is 13.2. The molecule has 169 valence electrons. The summed E-state index contributed by atoms with van der Waals surface area (Å²) in [4.78, 5) is 20.3. The van der Waals surface area contributed by atoms with Gasteiger partial charge in [-0.3, -0.25) is 0 Å². The Morgan fingerprint density at radius 3 is 2.66 bits per heavy atom. The van der Waals surface area contributed by atoms with Crippen LogP contribution in [0.15, 0.2) is 28.7 Å². The molecule has 2 aromatic heterocycles. The van der Waals surface area contributed by atoms with E-state index in [9.17, 15) is 18.0 Å². The van der Waals surface area contributed by atoms with Crippen LogP contribution in [0.3, 0.4) is 0 Å². The Morgan fingerprint density at radius 2 is 2.00 bits per heavy atom. The molecule has 0 unspecified atom stereocenters. The summed E-state index contributed by atoms with van der Waals surface area (Å²) in [6.45, 7) is 1.80. The number of hydrogen-bond acceptors (Lipinski definition) is 8. The molecule has 0 fully saturated rings. The molecule has 12 heteroatoms. The van der Waals surface area contributed by atoms with E-state index in [4.69, 9.17) is 24.3 Å². The minimum Gasteiger partial charge on any atom is -0.494 e. The van der Waals surface area contributed by atoms with E-state index in [0.717, 1.165) is 6.07 Å². The number of rotatable bonds is 9. The van der Waals surface area contributed by atoms with Crippen molar-refractivity contribution in [1.29, 1.82) is 0 Å². The molecule has 3 aromatic rings. The number of hydrogen-bond donors (Lipinski definition) is 1. The highest BCUT2D eigenvalue weighted by Crippen LogP contribution is 2.37. The molecule has 0 aliphatic heterocycles. The first-order valence-electron chi connectivity index (χ1n) is 9.65. The monoisotopic (exact) mass is 450 g/mol. The number of fused-ring (bicyclic) bond motifs is 1. The lowest BCUT2D eigenvalue weighted by molar-refractivity contribution is -0.140. The number of halogens is 3. The summed E-state index contributed by atoms with van der Waals surface area (Å²) in [7, 11) is 2.81. The minimum atomic E-state index is -4.62. The molecule has 0 aliphatic rings. The number of esters is 1. The van der Waals surface area contributed by atoms with Crippen LogP contribution < -0.4 is 10.5 Å². The van der Waals surface area contributed by atoms with Crippen LogP contribution in [0, 0.1) is 0 Å². The number of alkyl halides is 3. The summed E-state index contributed by atoms with van der Waals surface area (Å²) < 4.78 is 60.5. The van der Waals surface area contributed by atoms with Gasteiger partial charge in [0.05, 0.1) is 20.4 Å². The molecule has 1 radical (unpaired) electrons. The van der Waals surface area contributed by atoms with E-state index in [1.165, 1.54) is 26.7 Å². The van der Waals surface area contributed by atoms with Gasteiger partial charge in [0.2, 0.25) is 5.89 Å². The molecule has 32 heavy (non-hydrogen) atoms. The molecule has 3 rings (SSSR count). The highest BCUT2D eigenvalue weighted by atomic mass is 19.4. The Morgan fingerprint density at radius 1 is 1.22 bits per heavy atom. The molecule has 8 nitrogen and oxygen atoms in total. The number of methoxy groups -OCH3 is 1. The van der Waals surface area contributed by atoms with Gasteiger partial charge < -0.3 is 24.3 Å². The Balaban J connectivity index is 2.09. The molecule has 1 aromatic carbocycles. The lowest BCUT2D eigenvalue weighted by Crippen LogP contribution is -2.10. The fourth-order valence-electron chi connectivity index (χ4n) is 3.04. The van der Waals surface area contributed by atoms with E-state index >= 15 is 0 Å². The van der Waals surface area contributed by atoms with Crippen LogP contribution in [0.2, 0.25) is 6.32 Å². The molecule has 0 aliphatic carbocycles. The molecular formula is C20H20BF3N3O5. The molecule has 0 bridgehead atoms. The second-order valence-corrected chi connectivity index (χ2v) is 6.46. The van der Waals surface area contributed by atoms with Gasteiger partial charge in [-0.25, -0.2) is 14.8 Å². The van der Waals surface area contributed by atoms with Crippen molar-refractivity contribution in [3.63, 3.8) is 0 Å². The number of aromatic nitrogens is 2. The highest BCUT2D eigenvalue weighted by molar-refractivity contribution is 6.27. The number of benzene rings is 1. The van der Waals surface area contributed by atoms with Gasteiger partial charge in [0.1, 0.15) is 22.7 Å². The van der Waals surface area contributed by atoms with Gasteiger partial charge >= 0.3 is 12.1 Å². The fourth-order valence-corrected chi connectivity index (χ4v) is 3.04. The van der Waals surface area contributed by atoms with Crippen LogP contribution >= 0.6 is 0 Å². The first-order chi connectivity index (χ1) is 15.3. The van der Waals surface area contributed by atoms with E-state index in [0.29, 0.717) is 17.3 Å². The van der Waals surface area contributed by atoms with Crippen LogP contribution in [0.25, 0.3) is 22.4 Å². The van der Waals surface area contributed by atoms with Crippen LogP contribution in [0.5, 0.6) is 5.75 Å². The van der Waals surface area contributed by atoms with Gasteiger partial charge in [0.15, 0.2) is 5.69 Å². The zero-order valence-electron chi connectivity index (χ0n) is 17.4.